The molecule has 2 heterocycles. The first kappa shape index (κ1) is 14.3. The summed E-state index contributed by atoms with van der Waals surface area (Å²) < 4.78 is 3.44. The Hall–Kier alpha value is -1.65. The molecule has 110 valence electrons. The van der Waals surface area contributed by atoms with Gasteiger partial charge in [-0.25, -0.2) is 0 Å². The minimum atomic E-state index is 0.495. The third-order valence-electron chi connectivity index (χ3n) is 3.69. The maximum Gasteiger partial charge on any atom is 0.0679 e. The topological polar surface area (TPSA) is 29.9 Å². The third-order valence-corrected chi connectivity index (χ3v) is 4.90. The van der Waals surface area contributed by atoms with E-state index in [1.807, 2.05) is 17.5 Å². The van der Waals surface area contributed by atoms with Gasteiger partial charge in [0.25, 0.3) is 0 Å². The number of rotatable bonds is 5. The quantitative estimate of drug-likeness (QED) is 0.773. The van der Waals surface area contributed by atoms with Crippen molar-refractivity contribution in [3.8, 4) is 0 Å². The molecule has 0 bridgehead atoms. The first-order valence-corrected chi connectivity index (χ1v) is 8.18. The highest BCUT2D eigenvalue weighted by atomic mass is 32.1. The number of fused-ring (bicyclic) bond motifs is 1. The first-order chi connectivity index (χ1) is 10.1. The van der Waals surface area contributed by atoms with Gasteiger partial charge in [-0.05, 0) is 30.0 Å². The molecule has 0 atom stereocenters. The molecular formula is C17H21N3S. The molecule has 0 aliphatic rings. The number of aryl methyl sites for hydroxylation is 1. The van der Waals surface area contributed by atoms with E-state index in [2.05, 4.69) is 66.2 Å². The average molecular weight is 299 g/mol. The molecule has 0 saturated carbocycles. The standard InChI is InChI=1S/C17H21N3S/c1-12(2)18-10-17-15(11-20-13(3)8-9-19-20)14-6-4-5-7-16(14)21-17/h4-9,12,18H,10-11H2,1-3H3. The fourth-order valence-corrected chi connectivity index (χ4v) is 3.64. The number of aromatic nitrogens is 2. The van der Waals surface area contributed by atoms with Crippen molar-refractivity contribution in [1.82, 2.24) is 15.1 Å². The van der Waals surface area contributed by atoms with Crippen LogP contribution < -0.4 is 5.32 Å². The second-order valence-electron chi connectivity index (χ2n) is 5.67. The van der Waals surface area contributed by atoms with E-state index < -0.39 is 0 Å². The van der Waals surface area contributed by atoms with Gasteiger partial charge in [0.1, 0.15) is 0 Å². The largest absolute Gasteiger partial charge is 0.310 e. The van der Waals surface area contributed by atoms with Crippen LogP contribution in [-0.2, 0) is 13.1 Å². The van der Waals surface area contributed by atoms with Crippen LogP contribution in [0, 0.1) is 6.92 Å². The Morgan fingerprint density at radius 2 is 2.05 bits per heavy atom. The SMILES string of the molecule is Cc1ccnn1Cc1c(CNC(C)C)sc2ccccc12. The van der Waals surface area contributed by atoms with Gasteiger partial charge >= 0.3 is 0 Å². The van der Waals surface area contributed by atoms with Crippen LogP contribution in [0.15, 0.2) is 36.5 Å². The summed E-state index contributed by atoms with van der Waals surface area (Å²) in [6, 6.07) is 11.2. The van der Waals surface area contributed by atoms with E-state index in [1.54, 1.807) is 0 Å². The van der Waals surface area contributed by atoms with Gasteiger partial charge in [0.05, 0.1) is 6.54 Å². The van der Waals surface area contributed by atoms with E-state index in [9.17, 15) is 0 Å². The van der Waals surface area contributed by atoms with Crippen LogP contribution in [0.4, 0.5) is 0 Å². The molecule has 21 heavy (non-hydrogen) atoms. The van der Waals surface area contributed by atoms with Gasteiger partial charge in [-0.3, -0.25) is 4.68 Å². The molecule has 0 aliphatic carbocycles. The van der Waals surface area contributed by atoms with E-state index in [0.29, 0.717) is 6.04 Å². The zero-order valence-corrected chi connectivity index (χ0v) is 13.6. The lowest BCUT2D eigenvalue weighted by Crippen LogP contribution is -2.22. The van der Waals surface area contributed by atoms with Gasteiger partial charge in [-0.2, -0.15) is 5.10 Å². The zero-order chi connectivity index (χ0) is 14.8. The van der Waals surface area contributed by atoms with Crippen molar-refractivity contribution >= 4 is 21.4 Å². The van der Waals surface area contributed by atoms with Crippen LogP contribution in [0.2, 0.25) is 0 Å². The minimum absolute atomic E-state index is 0.495. The monoisotopic (exact) mass is 299 g/mol. The number of thiophene rings is 1. The van der Waals surface area contributed by atoms with Crippen molar-refractivity contribution in [2.75, 3.05) is 0 Å². The van der Waals surface area contributed by atoms with Crippen LogP contribution >= 0.6 is 11.3 Å². The number of benzene rings is 1. The molecule has 1 N–H and O–H groups in total. The van der Waals surface area contributed by atoms with Crippen LogP contribution in [0.3, 0.4) is 0 Å². The molecule has 0 radical (unpaired) electrons. The molecule has 3 rings (SSSR count). The van der Waals surface area contributed by atoms with E-state index in [-0.39, 0.29) is 0 Å². The van der Waals surface area contributed by atoms with Crippen molar-refractivity contribution in [3.05, 3.63) is 52.7 Å². The van der Waals surface area contributed by atoms with Gasteiger partial charge < -0.3 is 5.32 Å². The Morgan fingerprint density at radius 1 is 1.24 bits per heavy atom. The number of nitrogens with zero attached hydrogens (tertiary/aromatic N) is 2. The normalized spacial score (nSPS) is 11.6. The van der Waals surface area contributed by atoms with E-state index in [4.69, 9.17) is 0 Å². The van der Waals surface area contributed by atoms with Crippen molar-refractivity contribution in [2.24, 2.45) is 0 Å². The number of nitrogens with one attached hydrogen (secondary N) is 1. The van der Waals surface area contributed by atoms with Crippen molar-refractivity contribution in [3.63, 3.8) is 0 Å². The Bertz CT molecular complexity index is 739. The zero-order valence-electron chi connectivity index (χ0n) is 12.8. The summed E-state index contributed by atoms with van der Waals surface area (Å²) in [6.45, 7) is 8.24. The molecular weight excluding hydrogens is 278 g/mol. The fraction of sp³-hybridized carbons (Fsp3) is 0.353. The first-order valence-electron chi connectivity index (χ1n) is 7.36. The molecule has 0 saturated heterocycles. The van der Waals surface area contributed by atoms with Crippen LogP contribution in [0.5, 0.6) is 0 Å². The van der Waals surface area contributed by atoms with Crippen LogP contribution in [0.1, 0.15) is 30.0 Å². The lowest BCUT2D eigenvalue weighted by atomic mass is 10.1. The number of hydrogen-bond donors (Lipinski definition) is 1. The highest BCUT2D eigenvalue weighted by Crippen LogP contribution is 2.32. The second-order valence-corrected chi connectivity index (χ2v) is 6.80. The van der Waals surface area contributed by atoms with Gasteiger partial charge in [0.15, 0.2) is 0 Å². The summed E-state index contributed by atoms with van der Waals surface area (Å²) in [5.74, 6) is 0. The highest BCUT2D eigenvalue weighted by molar-refractivity contribution is 7.19. The van der Waals surface area contributed by atoms with Gasteiger partial charge in [-0.15, -0.1) is 11.3 Å². The summed E-state index contributed by atoms with van der Waals surface area (Å²) in [5, 5.41) is 9.33. The van der Waals surface area contributed by atoms with E-state index in [0.717, 1.165) is 13.1 Å². The molecule has 3 aromatic rings. The lowest BCUT2D eigenvalue weighted by molar-refractivity contribution is 0.587. The molecule has 0 spiro atoms. The molecule has 4 heteroatoms. The van der Waals surface area contributed by atoms with Crippen molar-refractivity contribution < 1.29 is 0 Å². The molecule has 0 aliphatic heterocycles. The Morgan fingerprint density at radius 3 is 2.76 bits per heavy atom. The molecule has 0 unspecified atom stereocenters. The summed E-state index contributed by atoms with van der Waals surface area (Å²) in [4.78, 5) is 1.42. The van der Waals surface area contributed by atoms with Crippen molar-refractivity contribution in [2.45, 2.75) is 39.9 Å². The Labute approximate surface area is 129 Å². The van der Waals surface area contributed by atoms with Crippen molar-refractivity contribution in [1.29, 1.82) is 0 Å². The third kappa shape index (κ3) is 3.01. The van der Waals surface area contributed by atoms with Gasteiger partial charge in [0.2, 0.25) is 0 Å². The van der Waals surface area contributed by atoms with Gasteiger partial charge in [-0.1, -0.05) is 32.0 Å². The minimum Gasteiger partial charge on any atom is -0.310 e. The predicted molar refractivity (Wildman–Crippen MR) is 89.9 cm³/mol. The molecule has 3 nitrogen and oxygen atoms in total. The van der Waals surface area contributed by atoms with Crippen LogP contribution in [-0.4, -0.2) is 15.8 Å². The second kappa shape index (κ2) is 6.00. The molecule has 0 amide bonds. The maximum atomic E-state index is 4.43. The summed E-state index contributed by atoms with van der Waals surface area (Å²) >= 11 is 1.89. The van der Waals surface area contributed by atoms with E-state index in [1.165, 1.54) is 26.2 Å². The fourth-order valence-electron chi connectivity index (χ4n) is 2.48. The Kier molecular flexibility index (Phi) is 4.08. The summed E-state index contributed by atoms with van der Waals surface area (Å²) in [6.07, 6.45) is 1.87. The number of hydrogen-bond acceptors (Lipinski definition) is 3. The summed E-state index contributed by atoms with van der Waals surface area (Å²) in [5.41, 5.74) is 2.60. The highest BCUT2D eigenvalue weighted by Gasteiger charge is 2.13. The molecule has 1 aromatic carbocycles. The molecule has 2 aromatic heterocycles. The van der Waals surface area contributed by atoms with Crippen LogP contribution in [0.25, 0.3) is 10.1 Å². The Balaban J connectivity index is 2.00. The molecule has 0 fully saturated rings. The smallest absolute Gasteiger partial charge is 0.0679 e. The average Bonchev–Trinajstić information content (AvgIpc) is 3.02. The van der Waals surface area contributed by atoms with Gasteiger partial charge in [0, 0.05) is 34.1 Å². The summed E-state index contributed by atoms with van der Waals surface area (Å²) in [7, 11) is 0. The maximum absolute atomic E-state index is 4.43. The van der Waals surface area contributed by atoms with E-state index >= 15 is 0 Å². The lowest BCUT2D eigenvalue weighted by Gasteiger charge is -2.10. The predicted octanol–water partition coefficient (Wildman–Crippen LogP) is 3.95.